The van der Waals surface area contributed by atoms with E-state index in [1.165, 1.54) is 6.07 Å². The molecule has 2 nitrogen and oxygen atoms in total. The number of benzene rings is 2. The summed E-state index contributed by atoms with van der Waals surface area (Å²) < 4.78 is 38.6. The molecule has 1 aliphatic carbocycles. The van der Waals surface area contributed by atoms with Crippen molar-refractivity contribution in [3.05, 3.63) is 77.0 Å². The molecule has 0 aromatic heterocycles. The average Bonchev–Trinajstić information content (AvgIpc) is 2.58. The van der Waals surface area contributed by atoms with Gasteiger partial charge in [-0.15, -0.1) is 0 Å². The summed E-state index contributed by atoms with van der Waals surface area (Å²) in [6.45, 7) is 0. The van der Waals surface area contributed by atoms with Gasteiger partial charge in [-0.2, -0.15) is 13.2 Å². The van der Waals surface area contributed by atoms with Crippen LogP contribution in [0.2, 0.25) is 0 Å². The molecule has 5 heteroatoms. The maximum absolute atomic E-state index is 12.9. The molecule has 0 saturated carbocycles. The highest BCUT2D eigenvalue weighted by Crippen LogP contribution is 2.32. The first-order valence-corrected chi connectivity index (χ1v) is 8.17. The van der Waals surface area contributed by atoms with E-state index in [-0.39, 0.29) is 5.78 Å². The summed E-state index contributed by atoms with van der Waals surface area (Å²) in [5, 5.41) is 3.05. The van der Waals surface area contributed by atoms with Crippen LogP contribution in [0.25, 0.3) is 0 Å². The maximum Gasteiger partial charge on any atom is 0.416 e. The SMILES string of the molecule is O=C1CCCC(Nc2cccc(C(F)(F)F)c2)=C1Cc1ccccc1. The van der Waals surface area contributed by atoms with Crippen molar-refractivity contribution in [2.45, 2.75) is 31.9 Å². The molecule has 0 aliphatic heterocycles. The minimum atomic E-state index is -4.39. The Kier molecular flexibility index (Phi) is 4.93. The van der Waals surface area contributed by atoms with Crippen molar-refractivity contribution in [1.82, 2.24) is 0 Å². The Bertz CT molecular complexity index is 794. The zero-order valence-electron chi connectivity index (χ0n) is 13.6. The van der Waals surface area contributed by atoms with E-state index in [9.17, 15) is 18.0 Å². The van der Waals surface area contributed by atoms with Crippen molar-refractivity contribution in [3.63, 3.8) is 0 Å². The quantitative estimate of drug-likeness (QED) is 0.807. The van der Waals surface area contributed by atoms with Gasteiger partial charge >= 0.3 is 6.18 Å². The number of carbonyl (C=O) groups is 1. The lowest BCUT2D eigenvalue weighted by Gasteiger charge is -2.21. The monoisotopic (exact) mass is 345 g/mol. The molecule has 0 bridgehead atoms. The smallest absolute Gasteiger partial charge is 0.359 e. The highest BCUT2D eigenvalue weighted by molar-refractivity contribution is 5.97. The molecule has 2 aromatic rings. The number of nitrogens with one attached hydrogen (secondary N) is 1. The highest BCUT2D eigenvalue weighted by Gasteiger charge is 2.30. The molecule has 130 valence electrons. The van der Waals surface area contributed by atoms with Crippen LogP contribution < -0.4 is 5.32 Å². The molecular formula is C20H18F3NO. The van der Waals surface area contributed by atoms with Crippen molar-refractivity contribution in [1.29, 1.82) is 0 Å². The largest absolute Gasteiger partial charge is 0.416 e. The third kappa shape index (κ3) is 4.29. The second kappa shape index (κ2) is 7.13. The molecule has 0 saturated heterocycles. The molecule has 1 aliphatic rings. The second-order valence-corrected chi connectivity index (χ2v) is 6.10. The molecule has 0 unspecified atom stereocenters. The number of anilines is 1. The van der Waals surface area contributed by atoms with Crippen LogP contribution in [0.3, 0.4) is 0 Å². The summed E-state index contributed by atoms with van der Waals surface area (Å²) in [4.78, 5) is 12.3. The van der Waals surface area contributed by atoms with E-state index in [0.29, 0.717) is 36.9 Å². The summed E-state index contributed by atoms with van der Waals surface area (Å²) in [7, 11) is 0. The van der Waals surface area contributed by atoms with Crippen molar-refractivity contribution >= 4 is 11.5 Å². The molecule has 25 heavy (non-hydrogen) atoms. The molecule has 1 N–H and O–H groups in total. The molecule has 0 atom stereocenters. The number of ketones is 1. The number of Topliss-reactive ketones (excluding diaryl/α,β-unsaturated/α-hetero) is 1. The fourth-order valence-electron chi connectivity index (χ4n) is 2.99. The number of allylic oxidation sites excluding steroid dienone is 2. The van der Waals surface area contributed by atoms with Gasteiger partial charge in [0.15, 0.2) is 5.78 Å². The van der Waals surface area contributed by atoms with Crippen molar-refractivity contribution in [3.8, 4) is 0 Å². The van der Waals surface area contributed by atoms with E-state index in [0.717, 1.165) is 23.4 Å². The molecule has 0 heterocycles. The van der Waals surface area contributed by atoms with E-state index in [1.807, 2.05) is 30.3 Å². The minimum Gasteiger partial charge on any atom is -0.359 e. The van der Waals surface area contributed by atoms with E-state index in [2.05, 4.69) is 5.32 Å². The summed E-state index contributed by atoms with van der Waals surface area (Å²) in [5.41, 5.74) is 2.04. The summed E-state index contributed by atoms with van der Waals surface area (Å²) >= 11 is 0. The summed E-state index contributed by atoms with van der Waals surface area (Å²) in [6.07, 6.45) is -2.05. The Morgan fingerprint density at radius 2 is 1.72 bits per heavy atom. The topological polar surface area (TPSA) is 29.1 Å². The Morgan fingerprint density at radius 1 is 0.960 bits per heavy atom. The normalized spacial score (nSPS) is 15.4. The molecule has 3 rings (SSSR count). The molecule has 0 radical (unpaired) electrons. The number of halogens is 3. The Labute approximate surface area is 144 Å². The number of rotatable bonds is 4. The number of hydrogen-bond acceptors (Lipinski definition) is 2. The lowest BCUT2D eigenvalue weighted by Crippen LogP contribution is -2.18. The van der Waals surface area contributed by atoms with Crippen molar-refractivity contribution in [2.24, 2.45) is 0 Å². The lowest BCUT2D eigenvalue weighted by molar-refractivity contribution is -0.137. The summed E-state index contributed by atoms with van der Waals surface area (Å²) in [5.74, 6) is 0.0598. The predicted molar refractivity (Wildman–Crippen MR) is 91.1 cm³/mol. The second-order valence-electron chi connectivity index (χ2n) is 6.10. The van der Waals surface area contributed by atoms with Gasteiger partial charge in [-0.05, 0) is 36.6 Å². The Morgan fingerprint density at radius 3 is 2.44 bits per heavy atom. The van der Waals surface area contributed by atoms with Crippen LogP contribution in [-0.4, -0.2) is 5.78 Å². The van der Waals surface area contributed by atoms with Crippen LogP contribution in [0.4, 0.5) is 18.9 Å². The van der Waals surface area contributed by atoms with Gasteiger partial charge in [0.25, 0.3) is 0 Å². The van der Waals surface area contributed by atoms with Gasteiger partial charge in [0.05, 0.1) is 5.56 Å². The first-order valence-electron chi connectivity index (χ1n) is 8.17. The van der Waals surface area contributed by atoms with E-state index in [4.69, 9.17) is 0 Å². The van der Waals surface area contributed by atoms with Crippen LogP contribution in [0, 0.1) is 0 Å². The first kappa shape index (κ1) is 17.3. The highest BCUT2D eigenvalue weighted by atomic mass is 19.4. The van der Waals surface area contributed by atoms with E-state index < -0.39 is 11.7 Å². The predicted octanol–water partition coefficient (Wildman–Crippen LogP) is 5.37. The van der Waals surface area contributed by atoms with Gasteiger partial charge in [0.2, 0.25) is 0 Å². The molecule has 0 spiro atoms. The van der Waals surface area contributed by atoms with Crippen LogP contribution in [-0.2, 0) is 17.4 Å². The van der Waals surface area contributed by atoms with Gasteiger partial charge in [-0.1, -0.05) is 36.4 Å². The molecule has 0 fully saturated rings. The van der Waals surface area contributed by atoms with Crippen LogP contribution in [0.5, 0.6) is 0 Å². The van der Waals surface area contributed by atoms with Gasteiger partial charge in [0, 0.05) is 29.8 Å². The van der Waals surface area contributed by atoms with Crippen LogP contribution in [0.15, 0.2) is 65.9 Å². The number of carbonyl (C=O) groups excluding carboxylic acids is 1. The average molecular weight is 345 g/mol. The zero-order chi connectivity index (χ0) is 17.9. The molecular weight excluding hydrogens is 327 g/mol. The summed E-state index contributed by atoms with van der Waals surface area (Å²) in [6, 6.07) is 14.7. The van der Waals surface area contributed by atoms with Gasteiger partial charge in [-0.3, -0.25) is 4.79 Å². The van der Waals surface area contributed by atoms with Crippen LogP contribution >= 0.6 is 0 Å². The Balaban J connectivity index is 1.89. The number of hydrogen-bond donors (Lipinski definition) is 1. The standard InChI is InChI=1S/C20H18F3NO/c21-20(22,23)15-8-4-9-16(13-15)24-18-10-5-11-19(25)17(18)12-14-6-2-1-3-7-14/h1-4,6-9,13,24H,5,10-12H2. The third-order valence-corrected chi connectivity index (χ3v) is 4.24. The van der Waals surface area contributed by atoms with Crippen LogP contribution in [0.1, 0.15) is 30.4 Å². The van der Waals surface area contributed by atoms with Crippen molar-refractivity contribution < 1.29 is 18.0 Å². The van der Waals surface area contributed by atoms with Gasteiger partial charge < -0.3 is 5.32 Å². The lowest BCUT2D eigenvalue weighted by atomic mass is 9.90. The molecule has 2 aromatic carbocycles. The fourth-order valence-corrected chi connectivity index (χ4v) is 2.99. The number of alkyl halides is 3. The molecule has 0 amide bonds. The third-order valence-electron chi connectivity index (χ3n) is 4.24. The fraction of sp³-hybridized carbons (Fsp3) is 0.250. The maximum atomic E-state index is 12.9. The Hall–Kier alpha value is -2.56. The first-order chi connectivity index (χ1) is 11.9. The van der Waals surface area contributed by atoms with Crippen molar-refractivity contribution in [2.75, 3.05) is 5.32 Å². The minimum absolute atomic E-state index is 0.0598. The van der Waals surface area contributed by atoms with E-state index in [1.54, 1.807) is 6.07 Å². The zero-order valence-corrected chi connectivity index (χ0v) is 13.6. The van der Waals surface area contributed by atoms with E-state index >= 15 is 0 Å². The van der Waals surface area contributed by atoms with Gasteiger partial charge in [0.1, 0.15) is 0 Å². The van der Waals surface area contributed by atoms with Gasteiger partial charge in [-0.25, -0.2) is 0 Å².